The van der Waals surface area contributed by atoms with E-state index < -0.39 is 26.5 Å². The van der Waals surface area contributed by atoms with Crippen LogP contribution in [0.3, 0.4) is 0 Å². The zero-order valence-electron chi connectivity index (χ0n) is 18.7. The highest BCUT2D eigenvalue weighted by atomic mass is 32.2. The summed E-state index contributed by atoms with van der Waals surface area (Å²) in [4.78, 5) is 10.2. The van der Waals surface area contributed by atoms with Crippen molar-refractivity contribution in [1.82, 2.24) is 0 Å². The zero-order valence-corrected chi connectivity index (χ0v) is 19.5. The van der Waals surface area contributed by atoms with Crippen LogP contribution in [-0.4, -0.2) is 18.4 Å². The Morgan fingerprint density at radius 2 is 1.44 bits per heavy atom. The Labute approximate surface area is 190 Å². The van der Waals surface area contributed by atoms with Crippen molar-refractivity contribution in [3.8, 4) is 11.5 Å². The van der Waals surface area contributed by atoms with Gasteiger partial charge in [0.25, 0.3) is 0 Å². The lowest BCUT2D eigenvalue weighted by molar-refractivity contribution is -0.385. The summed E-state index contributed by atoms with van der Waals surface area (Å²) >= 11 is 0. The summed E-state index contributed by atoms with van der Waals surface area (Å²) in [6.07, 6.45) is 13.5. The van der Waals surface area contributed by atoms with E-state index >= 15 is 0 Å². The molecule has 8 heteroatoms. The van der Waals surface area contributed by atoms with Crippen molar-refractivity contribution < 1.29 is 22.6 Å². The van der Waals surface area contributed by atoms with Gasteiger partial charge in [0, 0.05) is 0 Å². The number of hydrogen-bond donors (Lipinski definition) is 1. The fraction of sp³-hybridized carbons (Fsp3) is 0.500. The topological polar surface area (TPSA) is 107 Å². The van der Waals surface area contributed by atoms with Crippen LogP contribution in [0.15, 0.2) is 47.4 Å². The second-order valence-electron chi connectivity index (χ2n) is 8.02. The van der Waals surface area contributed by atoms with Crippen molar-refractivity contribution in [1.29, 1.82) is 0 Å². The minimum absolute atomic E-state index is 0.0771. The van der Waals surface area contributed by atoms with Gasteiger partial charge in [0.15, 0.2) is 0 Å². The largest absolute Gasteiger partial charge is 0.508 e. The van der Waals surface area contributed by atoms with Gasteiger partial charge in [0.1, 0.15) is 10.6 Å². The number of aryl methyl sites for hydroxylation is 1. The molecule has 0 saturated heterocycles. The molecule has 0 amide bonds. The molecule has 176 valence electrons. The van der Waals surface area contributed by atoms with Crippen LogP contribution in [0, 0.1) is 10.1 Å². The van der Waals surface area contributed by atoms with Gasteiger partial charge in [0.05, 0.1) is 11.0 Å². The molecule has 2 rings (SSSR count). The first-order valence-corrected chi connectivity index (χ1v) is 12.7. The molecule has 0 spiro atoms. The maximum Gasteiger partial charge on any atom is 0.339 e. The normalized spacial score (nSPS) is 11.4. The monoisotopic (exact) mass is 463 g/mol. The number of nitro benzene ring substituents is 1. The highest BCUT2D eigenvalue weighted by Crippen LogP contribution is 2.32. The van der Waals surface area contributed by atoms with Crippen molar-refractivity contribution in [2.45, 2.75) is 82.4 Å². The minimum Gasteiger partial charge on any atom is -0.508 e. The summed E-state index contributed by atoms with van der Waals surface area (Å²) in [5.74, 6) is -0.792. The molecule has 0 atom stereocenters. The Bertz CT molecular complexity index is 957. The van der Waals surface area contributed by atoms with Crippen LogP contribution in [0.25, 0.3) is 0 Å². The smallest absolute Gasteiger partial charge is 0.339 e. The van der Waals surface area contributed by atoms with Crippen LogP contribution in [0.2, 0.25) is 0 Å². The average Bonchev–Trinajstić information content (AvgIpc) is 2.76. The van der Waals surface area contributed by atoms with Crippen molar-refractivity contribution >= 4 is 15.8 Å². The van der Waals surface area contributed by atoms with Gasteiger partial charge < -0.3 is 9.29 Å². The summed E-state index contributed by atoms with van der Waals surface area (Å²) in [6, 6.07) is 9.43. The van der Waals surface area contributed by atoms with Gasteiger partial charge in [-0.2, -0.15) is 8.42 Å². The number of phenolic OH excluding ortho intramolecular Hbond substituents is 1. The van der Waals surface area contributed by atoms with Gasteiger partial charge in [-0.15, -0.1) is 0 Å². The number of hydrogen-bond acceptors (Lipinski definition) is 6. The molecule has 1 N–H and O–H groups in total. The van der Waals surface area contributed by atoms with Gasteiger partial charge in [-0.3, -0.25) is 10.1 Å². The summed E-state index contributed by atoms with van der Waals surface area (Å²) in [5.41, 5.74) is 0.422. The number of rotatable bonds is 15. The van der Waals surface area contributed by atoms with Crippen molar-refractivity contribution in [3.63, 3.8) is 0 Å². The number of unbranched alkanes of at least 4 members (excludes halogenated alkanes) is 9. The molecule has 2 aromatic carbocycles. The van der Waals surface area contributed by atoms with Gasteiger partial charge in [-0.05, 0) is 42.7 Å². The molecular formula is C24H33NO6S. The van der Waals surface area contributed by atoms with Crippen molar-refractivity contribution in [3.05, 3.63) is 58.1 Å². The molecule has 0 radical (unpaired) electrons. The fourth-order valence-corrected chi connectivity index (χ4v) is 4.47. The van der Waals surface area contributed by atoms with E-state index in [-0.39, 0.29) is 10.6 Å². The molecule has 0 aromatic heterocycles. The van der Waals surface area contributed by atoms with Crippen LogP contribution >= 0.6 is 0 Å². The van der Waals surface area contributed by atoms with E-state index in [4.69, 9.17) is 4.18 Å². The predicted molar refractivity (Wildman–Crippen MR) is 125 cm³/mol. The molecule has 0 saturated carbocycles. The predicted octanol–water partition coefficient (Wildman–Crippen LogP) is 6.53. The summed E-state index contributed by atoms with van der Waals surface area (Å²) in [6.45, 7) is 2.23. The van der Waals surface area contributed by atoms with E-state index in [1.807, 2.05) is 0 Å². The van der Waals surface area contributed by atoms with E-state index in [0.717, 1.165) is 43.0 Å². The highest BCUT2D eigenvalue weighted by molar-refractivity contribution is 7.87. The Kier molecular flexibility index (Phi) is 10.5. The molecule has 0 bridgehead atoms. The third-order valence-corrected chi connectivity index (χ3v) is 6.62. The third kappa shape index (κ3) is 8.49. The van der Waals surface area contributed by atoms with Gasteiger partial charge in [-0.25, -0.2) is 0 Å². The van der Waals surface area contributed by atoms with E-state index in [1.54, 1.807) is 12.1 Å². The summed E-state index contributed by atoms with van der Waals surface area (Å²) in [5, 5.41) is 20.5. The Morgan fingerprint density at radius 1 is 0.875 bits per heavy atom. The molecule has 7 nitrogen and oxygen atoms in total. The van der Waals surface area contributed by atoms with Crippen LogP contribution in [-0.2, 0) is 16.5 Å². The van der Waals surface area contributed by atoms with Crippen LogP contribution in [0.1, 0.15) is 76.7 Å². The van der Waals surface area contributed by atoms with E-state index in [9.17, 15) is 23.6 Å². The molecule has 2 aromatic rings. The lowest BCUT2D eigenvalue weighted by atomic mass is 10.0. The van der Waals surface area contributed by atoms with Crippen LogP contribution in [0.5, 0.6) is 11.5 Å². The first-order valence-electron chi connectivity index (χ1n) is 11.3. The molecule has 0 fully saturated rings. The maximum absolute atomic E-state index is 12.5. The highest BCUT2D eigenvalue weighted by Gasteiger charge is 2.23. The molecule has 0 aliphatic rings. The van der Waals surface area contributed by atoms with Crippen molar-refractivity contribution in [2.24, 2.45) is 0 Å². The molecular weight excluding hydrogens is 430 g/mol. The van der Waals surface area contributed by atoms with E-state index in [0.29, 0.717) is 0 Å². The number of phenols is 1. The van der Waals surface area contributed by atoms with Gasteiger partial charge in [0.2, 0.25) is 5.75 Å². The zero-order chi connectivity index (χ0) is 23.4. The quantitative estimate of drug-likeness (QED) is 0.139. The standard InChI is InChI=1S/C24H33NO6S/c1-2-3-4-5-6-7-8-9-10-11-12-20-13-16-22(17-14-20)32(29,30)31-24-18-15-21(26)19-23(24)25(27)28/h13-19,26H,2-12H2,1H3. The van der Waals surface area contributed by atoms with Gasteiger partial charge in [-0.1, -0.05) is 76.8 Å². The SMILES string of the molecule is CCCCCCCCCCCCc1ccc(S(=O)(=O)Oc2ccc(O)cc2[N+](=O)[O-])cc1. The third-order valence-electron chi connectivity index (χ3n) is 5.37. The minimum atomic E-state index is -4.23. The summed E-state index contributed by atoms with van der Waals surface area (Å²) in [7, 11) is -4.23. The fourth-order valence-electron chi connectivity index (χ4n) is 3.52. The number of benzene rings is 2. The van der Waals surface area contributed by atoms with Crippen molar-refractivity contribution in [2.75, 3.05) is 0 Å². The lowest BCUT2D eigenvalue weighted by Gasteiger charge is -2.09. The van der Waals surface area contributed by atoms with Crippen LogP contribution in [0.4, 0.5) is 5.69 Å². The first kappa shape index (κ1) is 25.6. The Morgan fingerprint density at radius 3 is 2.00 bits per heavy atom. The average molecular weight is 464 g/mol. The second kappa shape index (κ2) is 13.1. The Balaban J connectivity index is 1.80. The Hall–Kier alpha value is -2.61. The van der Waals surface area contributed by atoms with E-state index in [1.165, 1.54) is 63.5 Å². The maximum atomic E-state index is 12.5. The van der Waals surface area contributed by atoms with E-state index in [2.05, 4.69) is 6.92 Å². The molecule has 0 aliphatic heterocycles. The molecule has 32 heavy (non-hydrogen) atoms. The molecule has 0 unspecified atom stereocenters. The number of nitrogens with zero attached hydrogens (tertiary/aromatic N) is 1. The number of aromatic hydroxyl groups is 1. The molecule has 0 aliphatic carbocycles. The van der Waals surface area contributed by atoms with Crippen LogP contribution < -0.4 is 4.18 Å². The number of nitro groups is 1. The second-order valence-corrected chi connectivity index (χ2v) is 9.57. The van der Waals surface area contributed by atoms with Gasteiger partial charge >= 0.3 is 15.8 Å². The summed E-state index contributed by atoms with van der Waals surface area (Å²) < 4.78 is 30.0. The molecule has 0 heterocycles. The lowest BCUT2D eigenvalue weighted by Crippen LogP contribution is -2.11. The first-order chi connectivity index (χ1) is 15.3.